The Morgan fingerprint density at radius 1 is 1.10 bits per heavy atom. The summed E-state index contributed by atoms with van der Waals surface area (Å²) in [5.74, 6) is -0.117. The lowest BCUT2D eigenvalue weighted by Gasteiger charge is -2.10. The van der Waals surface area contributed by atoms with Crippen LogP contribution in [-0.2, 0) is 0 Å². The molecule has 0 unspecified atom stereocenters. The summed E-state index contributed by atoms with van der Waals surface area (Å²) >= 11 is 3.39. The van der Waals surface area contributed by atoms with Crippen LogP contribution in [0.15, 0.2) is 53.0 Å². The summed E-state index contributed by atoms with van der Waals surface area (Å²) in [5.41, 5.74) is 2.44. The highest BCUT2D eigenvalue weighted by atomic mass is 79.9. The van der Waals surface area contributed by atoms with E-state index < -0.39 is 0 Å². The molecule has 0 spiro atoms. The molecule has 3 nitrogen and oxygen atoms in total. The molecular formula is C17H19BrN2O. The van der Waals surface area contributed by atoms with Gasteiger partial charge in [0.25, 0.3) is 5.91 Å². The Hall–Kier alpha value is -1.81. The summed E-state index contributed by atoms with van der Waals surface area (Å²) in [6.07, 6.45) is 2.29. The maximum absolute atomic E-state index is 12.2. The van der Waals surface area contributed by atoms with Gasteiger partial charge in [0.1, 0.15) is 0 Å². The van der Waals surface area contributed by atoms with Crippen LogP contribution in [0.1, 0.15) is 30.1 Å². The van der Waals surface area contributed by atoms with Crippen LogP contribution in [0.25, 0.3) is 0 Å². The summed E-state index contributed by atoms with van der Waals surface area (Å²) in [4.78, 5) is 12.2. The molecule has 0 aliphatic rings. The number of unbranched alkanes of at least 4 members (excludes halogenated alkanes) is 1. The fourth-order valence-electron chi connectivity index (χ4n) is 1.96. The van der Waals surface area contributed by atoms with Gasteiger partial charge in [-0.05, 0) is 52.7 Å². The van der Waals surface area contributed by atoms with Crippen molar-refractivity contribution in [1.29, 1.82) is 0 Å². The standard InChI is InChI=1S/C17H19BrN2O/c1-2-3-11-19-13-7-6-8-14(12-13)20-17(21)15-9-4-5-10-16(15)18/h4-10,12,19H,2-3,11H2,1H3,(H,20,21). The molecule has 0 aliphatic heterocycles. The lowest BCUT2D eigenvalue weighted by Crippen LogP contribution is -2.12. The van der Waals surface area contributed by atoms with Crippen molar-refractivity contribution in [3.8, 4) is 0 Å². The van der Waals surface area contributed by atoms with Crippen LogP contribution in [0.4, 0.5) is 11.4 Å². The average molecular weight is 347 g/mol. The van der Waals surface area contributed by atoms with E-state index in [0.29, 0.717) is 5.56 Å². The van der Waals surface area contributed by atoms with Crippen LogP contribution in [0.3, 0.4) is 0 Å². The van der Waals surface area contributed by atoms with Gasteiger partial charge in [-0.1, -0.05) is 31.5 Å². The molecule has 4 heteroatoms. The molecule has 0 saturated heterocycles. The second-order valence-electron chi connectivity index (χ2n) is 4.80. The van der Waals surface area contributed by atoms with Crippen molar-refractivity contribution < 1.29 is 4.79 Å². The lowest BCUT2D eigenvalue weighted by atomic mass is 10.2. The number of anilines is 2. The molecule has 0 heterocycles. The van der Waals surface area contributed by atoms with Gasteiger partial charge in [-0.3, -0.25) is 4.79 Å². The van der Waals surface area contributed by atoms with E-state index in [2.05, 4.69) is 33.5 Å². The lowest BCUT2D eigenvalue weighted by molar-refractivity contribution is 0.102. The number of hydrogen-bond donors (Lipinski definition) is 2. The van der Waals surface area contributed by atoms with Crippen molar-refractivity contribution in [2.24, 2.45) is 0 Å². The number of carbonyl (C=O) groups excluding carboxylic acids is 1. The molecule has 0 aliphatic carbocycles. The highest BCUT2D eigenvalue weighted by Crippen LogP contribution is 2.19. The Morgan fingerprint density at radius 3 is 2.62 bits per heavy atom. The van der Waals surface area contributed by atoms with Gasteiger partial charge in [-0.2, -0.15) is 0 Å². The van der Waals surface area contributed by atoms with Crippen LogP contribution in [0.2, 0.25) is 0 Å². The van der Waals surface area contributed by atoms with Crippen LogP contribution in [0, 0.1) is 0 Å². The van der Waals surface area contributed by atoms with Crippen LogP contribution in [0.5, 0.6) is 0 Å². The van der Waals surface area contributed by atoms with E-state index >= 15 is 0 Å². The second-order valence-corrected chi connectivity index (χ2v) is 5.65. The van der Waals surface area contributed by atoms with E-state index in [0.717, 1.165) is 35.2 Å². The Balaban J connectivity index is 2.04. The summed E-state index contributed by atoms with van der Waals surface area (Å²) < 4.78 is 0.791. The number of rotatable bonds is 6. The van der Waals surface area contributed by atoms with Crippen molar-refractivity contribution in [3.05, 3.63) is 58.6 Å². The third-order valence-corrected chi connectivity index (χ3v) is 3.79. The van der Waals surface area contributed by atoms with Gasteiger partial charge in [-0.25, -0.2) is 0 Å². The highest BCUT2D eigenvalue weighted by molar-refractivity contribution is 9.10. The molecule has 1 amide bonds. The van der Waals surface area contributed by atoms with E-state index in [1.54, 1.807) is 6.07 Å². The van der Waals surface area contributed by atoms with E-state index in [1.807, 2.05) is 42.5 Å². The normalized spacial score (nSPS) is 10.2. The molecular weight excluding hydrogens is 328 g/mol. The van der Waals surface area contributed by atoms with E-state index in [4.69, 9.17) is 0 Å². The van der Waals surface area contributed by atoms with E-state index in [9.17, 15) is 4.79 Å². The quantitative estimate of drug-likeness (QED) is 0.729. The first-order valence-electron chi connectivity index (χ1n) is 7.10. The van der Waals surface area contributed by atoms with Gasteiger partial charge in [0.2, 0.25) is 0 Å². The van der Waals surface area contributed by atoms with Crippen molar-refractivity contribution in [2.75, 3.05) is 17.2 Å². The zero-order valence-corrected chi connectivity index (χ0v) is 13.6. The molecule has 0 bridgehead atoms. The van der Waals surface area contributed by atoms with Gasteiger partial charge in [0.15, 0.2) is 0 Å². The summed E-state index contributed by atoms with van der Waals surface area (Å²) in [6.45, 7) is 3.11. The third-order valence-electron chi connectivity index (χ3n) is 3.10. The van der Waals surface area contributed by atoms with E-state index in [1.165, 1.54) is 0 Å². The predicted octanol–water partition coefficient (Wildman–Crippen LogP) is 4.91. The maximum atomic E-state index is 12.2. The first-order chi connectivity index (χ1) is 10.2. The summed E-state index contributed by atoms with van der Waals surface area (Å²) in [6, 6.07) is 15.2. The van der Waals surface area contributed by atoms with Gasteiger partial charge in [-0.15, -0.1) is 0 Å². The van der Waals surface area contributed by atoms with E-state index in [-0.39, 0.29) is 5.91 Å². The molecule has 0 atom stereocenters. The molecule has 0 fully saturated rings. The van der Waals surface area contributed by atoms with Crippen molar-refractivity contribution in [1.82, 2.24) is 0 Å². The number of halogens is 1. The summed E-state index contributed by atoms with van der Waals surface area (Å²) in [5, 5.41) is 6.27. The average Bonchev–Trinajstić information content (AvgIpc) is 2.48. The van der Waals surface area contributed by atoms with Crippen molar-refractivity contribution >= 4 is 33.2 Å². The molecule has 0 radical (unpaired) electrons. The highest BCUT2D eigenvalue weighted by Gasteiger charge is 2.09. The first-order valence-corrected chi connectivity index (χ1v) is 7.90. The third kappa shape index (κ3) is 4.60. The minimum Gasteiger partial charge on any atom is -0.385 e. The predicted molar refractivity (Wildman–Crippen MR) is 91.9 cm³/mol. The fraction of sp³-hybridized carbons (Fsp3) is 0.235. The smallest absolute Gasteiger partial charge is 0.256 e. The number of benzene rings is 2. The van der Waals surface area contributed by atoms with Crippen LogP contribution >= 0.6 is 15.9 Å². The minimum atomic E-state index is -0.117. The Kier molecular flexibility index (Phi) is 5.81. The Bertz CT molecular complexity index is 613. The van der Waals surface area contributed by atoms with Crippen molar-refractivity contribution in [2.45, 2.75) is 19.8 Å². The Labute approximate surface area is 133 Å². The zero-order chi connectivity index (χ0) is 15.1. The van der Waals surface area contributed by atoms with Crippen molar-refractivity contribution in [3.63, 3.8) is 0 Å². The second kappa shape index (κ2) is 7.84. The summed E-state index contributed by atoms with van der Waals surface area (Å²) in [7, 11) is 0. The first kappa shape index (κ1) is 15.6. The minimum absolute atomic E-state index is 0.117. The van der Waals surface area contributed by atoms with Gasteiger partial charge in [0, 0.05) is 22.4 Å². The molecule has 2 rings (SSSR count). The number of hydrogen-bond acceptors (Lipinski definition) is 2. The molecule has 110 valence electrons. The molecule has 0 aromatic heterocycles. The van der Waals surface area contributed by atoms with Crippen LogP contribution in [-0.4, -0.2) is 12.5 Å². The fourth-order valence-corrected chi connectivity index (χ4v) is 2.43. The van der Waals surface area contributed by atoms with Gasteiger partial charge in [0.05, 0.1) is 5.56 Å². The topological polar surface area (TPSA) is 41.1 Å². The molecule has 2 N–H and O–H groups in total. The molecule has 2 aromatic rings. The maximum Gasteiger partial charge on any atom is 0.256 e. The SMILES string of the molecule is CCCCNc1cccc(NC(=O)c2ccccc2Br)c1. The number of carbonyl (C=O) groups is 1. The largest absolute Gasteiger partial charge is 0.385 e. The van der Waals surface area contributed by atoms with Gasteiger partial charge >= 0.3 is 0 Å². The monoisotopic (exact) mass is 346 g/mol. The van der Waals surface area contributed by atoms with Crippen LogP contribution < -0.4 is 10.6 Å². The molecule has 21 heavy (non-hydrogen) atoms. The number of amides is 1. The zero-order valence-electron chi connectivity index (χ0n) is 12.0. The van der Waals surface area contributed by atoms with Gasteiger partial charge < -0.3 is 10.6 Å². The molecule has 0 saturated carbocycles. The Morgan fingerprint density at radius 2 is 1.86 bits per heavy atom. The molecule has 2 aromatic carbocycles. The number of nitrogens with one attached hydrogen (secondary N) is 2.